The molecule has 0 bridgehead atoms. The largest absolute Gasteiger partial charge is 0.472 e. The summed E-state index contributed by atoms with van der Waals surface area (Å²) in [7, 11) is -4.39. The summed E-state index contributed by atoms with van der Waals surface area (Å²) in [5.74, 6) is -0.870. The van der Waals surface area contributed by atoms with Crippen LogP contribution >= 0.6 is 7.82 Å². The number of phosphoric ester groups is 1. The Bertz CT molecular complexity index is 1270. The molecule has 0 radical (unpaired) electrons. The van der Waals surface area contributed by atoms with E-state index in [2.05, 4.69) is 98.9 Å². The van der Waals surface area contributed by atoms with Gasteiger partial charge in [0.2, 0.25) is 0 Å². The molecular formula is C51H88NO8P. The lowest BCUT2D eigenvalue weighted by Gasteiger charge is -2.19. The molecule has 350 valence electrons. The van der Waals surface area contributed by atoms with E-state index >= 15 is 0 Å². The van der Waals surface area contributed by atoms with E-state index in [9.17, 15) is 19.0 Å². The SMILES string of the molecule is CC/C=C\C/C=C\C/C=C\C/C=C\CCCCCCC(=O)OC(COC(=O)CCCCCCCCCC/C=C\C/C=C\C/C=C\CCCCCCC)COP(=O)(O)OCCN. The molecule has 0 aromatic carbocycles. The molecule has 0 heterocycles. The fourth-order valence-corrected chi connectivity index (χ4v) is 6.99. The van der Waals surface area contributed by atoms with Crippen LogP contribution in [0.15, 0.2) is 85.1 Å². The molecule has 0 fully saturated rings. The smallest absolute Gasteiger partial charge is 0.462 e. The van der Waals surface area contributed by atoms with Crippen molar-refractivity contribution in [2.24, 2.45) is 5.73 Å². The van der Waals surface area contributed by atoms with Gasteiger partial charge >= 0.3 is 19.8 Å². The van der Waals surface area contributed by atoms with Crippen molar-refractivity contribution < 1.29 is 37.6 Å². The molecule has 61 heavy (non-hydrogen) atoms. The molecule has 3 N–H and O–H groups in total. The Hall–Kier alpha value is -2.81. The molecule has 0 aliphatic heterocycles. The van der Waals surface area contributed by atoms with Crippen molar-refractivity contribution in [3.8, 4) is 0 Å². The summed E-state index contributed by atoms with van der Waals surface area (Å²) in [5.41, 5.74) is 5.36. The van der Waals surface area contributed by atoms with Crippen molar-refractivity contribution in [1.82, 2.24) is 0 Å². The number of esters is 2. The normalized spacial score (nSPS) is 14.0. The second-order valence-corrected chi connectivity index (χ2v) is 17.0. The fraction of sp³-hybridized carbons (Fsp3) is 0.686. The van der Waals surface area contributed by atoms with Gasteiger partial charge in [-0.3, -0.25) is 18.6 Å². The Morgan fingerprint density at radius 2 is 0.902 bits per heavy atom. The Morgan fingerprint density at radius 3 is 1.34 bits per heavy atom. The van der Waals surface area contributed by atoms with Crippen LogP contribution in [0.3, 0.4) is 0 Å². The first-order chi connectivity index (χ1) is 29.8. The Labute approximate surface area is 373 Å². The average molecular weight is 874 g/mol. The number of ether oxygens (including phenoxy) is 2. The van der Waals surface area contributed by atoms with Crippen LogP contribution in [-0.4, -0.2) is 49.3 Å². The quantitative estimate of drug-likeness (QED) is 0.0265. The summed E-state index contributed by atoms with van der Waals surface area (Å²) in [6.45, 7) is 3.56. The zero-order valence-electron chi connectivity index (χ0n) is 38.6. The van der Waals surface area contributed by atoms with Gasteiger partial charge in [0.05, 0.1) is 13.2 Å². The van der Waals surface area contributed by atoms with Gasteiger partial charge in [0.15, 0.2) is 6.10 Å². The summed E-state index contributed by atoms with van der Waals surface area (Å²) in [5, 5.41) is 0. The topological polar surface area (TPSA) is 134 Å². The molecule has 2 unspecified atom stereocenters. The van der Waals surface area contributed by atoms with E-state index in [0.29, 0.717) is 6.42 Å². The highest BCUT2D eigenvalue weighted by atomic mass is 31.2. The molecule has 0 spiro atoms. The summed E-state index contributed by atoms with van der Waals surface area (Å²) in [6, 6.07) is 0. The van der Waals surface area contributed by atoms with E-state index in [0.717, 1.165) is 96.3 Å². The van der Waals surface area contributed by atoms with Gasteiger partial charge in [0.25, 0.3) is 0 Å². The number of phosphoric acid groups is 1. The molecule has 0 rings (SSSR count). The fourth-order valence-electron chi connectivity index (χ4n) is 6.22. The predicted octanol–water partition coefficient (Wildman–Crippen LogP) is 14.4. The lowest BCUT2D eigenvalue weighted by Crippen LogP contribution is -2.29. The summed E-state index contributed by atoms with van der Waals surface area (Å²) in [6.07, 6.45) is 59.0. The number of hydrogen-bond acceptors (Lipinski definition) is 8. The van der Waals surface area contributed by atoms with Gasteiger partial charge in [-0.15, -0.1) is 0 Å². The second-order valence-electron chi connectivity index (χ2n) is 15.6. The molecular weight excluding hydrogens is 786 g/mol. The van der Waals surface area contributed by atoms with E-state index in [4.69, 9.17) is 24.3 Å². The third kappa shape index (κ3) is 46.5. The molecule has 0 saturated carbocycles. The van der Waals surface area contributed by atoms with Gasteiger partial charge in [-0.05, 0) is 89.9 Å². The minimum Gasteiger partial charge on any atom is -0.462 e. The summed E-state index contributed by atoms with van der Waals surface area (Å²) >= 11 is 0. The highest BCUT2D eigenvalue weighted by molar-refractivity contribution is 7.47. The van der Waals surface area contributed by atoms with E-state index in [1.165, 1.54) is 64.2 Å². The Kier molecular flexibility index (Phi) is 44.5. The van der Waals surface area contributed by atoms with Gasteiger partial charge in [0.1, 0.15) is 6.61 Å². The first-order valence-electron chi connectivity index (χ1n) is 24.1. The number of hydrogen-bond donors (Lipinski definition) is 2. The summed E-state index contributed by atoms with van der Waals surface area (Å²) < 4.78 is 32.8. The number of unbranched alkanes of at least 4 members (excludes halogenated alkanes) is 17. The standard InChI is InChI=1S/C51H88NO8P/c1-3-5-7-9-11-13-15-17-19-21-22-23-24-25-26-28-29-31-33-35-37-39-41-43-50(53)57-47-49(48-59-61(55,56)58-46-45-52)60-51(54)44-42-40-38-36-34-32-30-27-20-18-16-14-12-10-8-6-4-2/h6,8,12,14-15,17-18,20-22,24-25,30,32,49H,3-5,7,9-11,13,16,19,23,26-29,31,33-48,52H2,1-2H3,(H,55,56)/b8-6-,14-12-,17-15-,20-18-,22-21-,25-24-,32-30-. The maximum atomic E-state index is 12.6. The number of carbonyl (C=O) groups is 2. The number of carbonyl (C=O) groups excluding carboxylic acids is 2. The zero-order chi connectivity index (χ0) is 44.6. The van der Waals surface area contributed by atoms with E-state index in [-0.39, 0.29) is 32.6 Å². The van der Waals surface area contributed by atoms with Crippen LogP contribution < -0.4 is 5.73 Å². The molecule has 0 aliphatic carbocycles. The molecule has 0 aliphatic rings. The van der Waals surface area contributed by atoms with Crippen LogP contribution in [0.2, 0.25) is 0 Å². The first kappa shape index (κ1) is 58.2. The molecule has 0 aromatic heterocycles. The minimum absolute atomic E-state index is 0.0434. The third-order valence-electron chi connectivity index (χ3n) is 9.77. The number of rotatable bonds is 44. The number of allylic oxidation sites excluding steroid dienone is 14. The van der Waals surface area contributed by atoms with Crippen molar-refractivity contribution in [2.45, 2.75) is 200 Å². The van der Waals surface area contributed by atoms with Crippen LogP contribution in [0.1, 0.15) is 194 Å². The van der Waals surface area contributed by atoms with Gasteiger partial charge in [-0.25, -0.2) is 4.57 Å². The molecule has 0 amide bonds. The van der Waals surface area contributed by atoms with Crippen molar-refractivity contribution >= 4 is 19.8 Å². The molecule has 0 aromatic rings. The maximum absolute atomic E-state index is 12.6. The van der Waals surface area contributed by atoms with Crippen molar-refractivity contribution in [3.63, 3.8) is 0 Å². The predicted molar refractivity (Wildman–Crippen MR) is 256 cm³/mol. The van der Waals surface area contributed by atoms with Gasteiger partial charge in [-0.2, -0.15) is 0 Å². The highest BCUT2D eigenvalue weighted by Gasteiger charge is 2.26. The zero-order valence-corrected chi connectivity index (χ0v) is 39.5. The molecule has 2 atom stereocenters. The molecule has 9 nitrogen and oxygen atoms in total. The molecule has 10 heteroatoms. The summed E-state index contributed by atoms with van der Waals surface area (Å²) in [4.78, 5) is 35.0. The van der Waals surface area contributed by atoms with E-state index in [1.807, 2.05) is 0 Å². The van der Waals surface area contributed by atoms with Crippen LogP contribution in [-0.2, 0) is 32.7 Å². The minimum atomic E-state index is -4.39. The van der Waals surface area contributed by atoms with Gasteiger partial charge in [-0.1, -0.05) is 176 Å². The lowest BCUT2D eigenvalue weighted by molar-refractivity contribution is -0.161. The van der Waals surface area contributed by atoms with Crippen molar-refractivity contribution in [1.29, 1.82) is 0 Å². The maximum Gasteiger partial charge on any atom is 0.472 e. The average Bonchev–Trinajstić information content (AvgIpc) is 3.25. The van der Waals surface area contributed by atoms with E-state index in [1.54, 1.807) is 0 Å². The third-order valence-corrected chi connectivity index (χ3v) is 10.7. The second kappa shape index (κ2) is 46.7. The van der Waals surface area contributed by atoms with Crippen LogP contribution in [0.4, 0.5) is 0 Å². The van der Waals surface area contributed by atoms with E-state index < -0.39 is 32.5 Å². The van der Waals surface area contributed by atoms with Crippen LogP contribution in [0.25, 0.3) is 0 Å². The van der Waals surface area contributed by atoms with Crippen LogP contribution in [0.5, 0.6) is 0 Å². The van der Waals surface area contributed by atoms with Gasteiger partial charge < -0.3 is 20.1 Å². The van der Waals surface area contributed by atoms with Crippen LogP contribution in [0, 0.1) is 0 Å². The monoisotopic (exact) mass is 874 g/mol. The van der Waals surface area contributed by atoms with Crippen molar-refractivity contribution in [2.75, 3.05) is 26.4 Å². The highest BCUT2D eigenvalue weighted by Crippen LogP contribution is 2.43. The molecule has 0 saturated heterocycles. The number of nitrogens with two attached hydrogens (primary N) is 1. The lowest BCUT2D eigenvalue weighted by atomic mass is 10.1. The Balaban J connectivity index is 4.14. The van der Waals surface area contributed by atoms with Crippen molar-refractivity contribution in [3.05, 3.63) is 85.1 Å². The first-order valence-corrected chi connectivity index (χ1v) is 25.6. The Morgan fingerprint density at radius 1 is 0.508 bits per heavy atom. The van der Waals surface area contributed by atoms with Gasteiger partial charge in [0, 0.05) is 19.4 Å².